The molecule has 82 valence electrons. The standard InChI is InChI=1S/C11H14F2N2/c1-2-3-11(15-14)6-8-4-9(12)7-10(13)5-8/h2,4-5,7,11,15H,1,3,6,14H2. The average molecular weight is 212 g/mol. The van der Waals surface area contributed by atoms with Crippen molar-refractivity contribution in [1.82, 2.24) is 5.43 Å². The lowest BCUT2D eigenvalue weighted by atomic mass is 10.0. The smallest absolute Gasteiger partial charge is 0.126 e. The maximum atomic E-state index is 12.9. The molecule has 1 unspecified atom stereocenters. The van der Waals surface area contributed by atoms with Crippen LogP contribution in [0.4, 0.5) is 8.78 Å². The van der Waals surface area contributed by atoms with Crippen molar-refractivity contribution in [2.75, 3.05) is 0 Å². The van der Waals surface area contributed by atoms with E-state index in [2.05, 4.69) is 12.0 Å². The largest absolute Gasteiger partial charge is 0.271 e. The Morgan fingerprint density at radius 2 is 1.93 bits per heavy atom. The molecule has 0 aliphatic rings. The molecule has 0 saturated carbocycles. The lowest BCUT2D eigenvalue weighted by Gasteiger charge is -2.13. The molecular weight excluding hydrogens is 198 g/mol. The number of benzene rings is 1. The van der Waals surface area contributed by atoms with Crippen LogP contribution >= 0.6 is 0 Å². The van der Waals surface area contributed by atoms with Crippen LogP contribution in [0.1, 0.15) is 12.0 Å². The van der Waals surface area contributed by atoms with Gasteiger partial charge in [-0.15, -0.1) is 6.58 Å². The van der Waals surface area contributed by atoms with Gasteiger partial charge in [0.25, 0.3) is 0 Å². The highest BCUT2D eigenvalue weighted by Crippen LogP contribution is 2.11. The van der Waals surface area contributed by atoms with Gasteiger partial charge in [-0.2, -0.15) is 0 Å². The molecule has 15 heavy (non-hydrogen) atoms. The number of hydrogen-bond acceptors (Lipinski definition) is 2. The quantitative estimate of drug-likeness (QED) is 0.444. The first-order valence-corrected chi connectivity index (χ1v) is 4.67. The Morgan fingerprint density at radius 1 is 1.33 bits per heavy atom. The Morgan fingerprint density at radius 3 is 2.40 bits per heavy atom. The average Bonchev–Trinajstić information content (AvgIpc) is 2.15. The molecule has 0 bridgehead atoms. The van der Waals surface area contributed by atoms with Crippen LogP contribution in [0.2, 0.25) is 0 Å². The second-order valence-electron chi connectivity index (χ2n) is 3.37. The SMILES string of the molecule is C=CCC(Cc1cc(F)cc(F)c1)NN. The van der Waals surface area contributed by atoms with E-state index in [-0.39, 0.29) is 6.04 Å². The van der Waals surface area contributed by atoms with Crippen molar-refractivity contribution < 1.29 is 8.78 Å². The Bertz CT molecular complexity index is 319. The van der Waals surface area contributed by atoms with Gasteiger partial charge in [-0.3, -0.25) is 11.3 Å². The predicted molar refractivity (Wildman–Crippen MR) is 56.0 cm³/mol. The molecule has 1 atom stereocenters. The van der Waals surface area contributed by atoms with E-state index in [1.54, 1.807) is 6.08 Å². The fourth-order valence-corrected chi connectivity index (χ4v) is 1.42. The summed E-state index contributed by atoms with van der Waals surface area (Å²) in [4.78, 5) is 0. The van der Waals surface area contributed by atoms with Crippen LogP contribution in [-0.2, 0) is 6.42 Å². The van der Waals surface area contributed by atoms with E-state index in [1.807, 2.05) is 0 Å². The lowest BCUT2D eigenvalue weighted by Crippen LogP contribution is -2.36. The zero-order valence-corrected chi connectivity index (χ0v) is 8.34. The van der Waals surface area contributed by atoms with Crippen LogP contribution < -0.4 is 11.3 Å². The van der Waals surface area contributed by atoms with Gasteiger partial charge in [0, 0.05) is 12.1 Å². The molecule has 1 aromatic carbocycles. The van der Waals surface area contributed by atoms with Gasteiger partial charge in [-0.05, 0) is 30.5 Å². The second-order valence-corrected chi connectivity index (χ2v) is 3.37. The minimum absolute atomic E-state index is 0.0521. The zero-order valence-electron chi connectivity index (χ0n) is 8.34. The highest BCUT2D eigenvalue weighted by Gasteiger charge is 2.07. The van der Waals surface area contributed by atoms with E-state index in [9.17, 15) is 8.78 Å². The van der Waals surface area contributed by atoms with Gasteiger partial charge in [0.1, 0.15) is 11.6 Å². The maximum absolute atomic E-state index is 12.9. The molecule has 0 saturated heterocycles. The Kier molecular flexibility index (Phi) is 4.39. The zero-order chi connectivity index (χ0) is 11.3. The minimum atomic E-state index is -0.570. The van der Waals surface area contributed by atoms with Crippen molar-refractivity contribution in [3.63, 3.8) is 0 Å². The molecule has 0 aromatic heterocycles. The molecular formula is C11H14F2N2. The first-order chi connectivity index (χ1) is 7.15. The molecule has 0 radical (unpaired) electrons. The van der Waals surface area contributed by atoms with Crippen molar-refractivity contribution in [2.24, 2.45) is 5.84 Å². The summed E-state index contributed by atoms with van der Waals surface area (Å²) in [5, 5.41) is 0. The van der Waals surface area contributed by atoms with Gasteiger partial charge in [-0.1, -0.05) is 6.08 Å². The molecule has 1 rings (SSSR count). The third kappa shape index (κ3) is 3.77. The molecule has 1 aromatic rings. The van der Waals surface area contributed by atoms with Gasteiger partial charge < -0.3 is 0 Å². The second kappa shape index (κ2) is 5.58. The summed E-state index contributed by atoms with van der Waals surface area (Å²) in [7, 11) is 0. The maximum Gasteiger partial charge on any atom is 0.126 e. The van der Waals surface area contributed by atoms with Crippen molar-refractivity contribution in [2.45, 2.75) is 18.9 Å². The van der Waals surface area contributed by atoms with Crippen LogP contribution in [-0.4, -0.2) is 6.04 Å². The monoisotopic (exact) mass is 212 g/mol. The molecule has 0 spiro atoms. The van der Waals surface area contributed by atoms with E-state index in [0.29, 0.717) is 18.4 Å². The predicted octanol–water partition coefficient (Wildman–Crippen LogP) is 1.92. The third-order valence-corrected chi connectivity index (χ3v) is 2.09. The van der Waals surface area contributed by atoms with Crippen molar-refractivity contribution in [3.8, 4) is 0 Å². The third-order valence-electron chi connectivity index (χ3n) is 2.09. The number of nitrogens with one attached hydrogen (secondary N) is 1. The van der Waals surface area contributed by atoms with Crippen LogP contribution in [0.15, 0.2) is 30.9 Å². The number of halogens is 2. The number of hydrazine groups is 1. The molecule has 3 N–H and O–H groups in total. The summed E-state index contributed by atoms with van der Waals surface area (Å²) in [5.41, 5.74) is 3.16. The Labute approximate surface area is 87.8 Å². The number of rotatable bonds is 5. The fourth-order valence-electron chi connectivity index (χ4n) is 1.42. The fraction of sp³-hybridized carbons (Fsp3) is 0.273. The van der Waals surface area contributed by atoms with E-state index >= 15 is 0 Å². The summed E-state index contributed by atoms with van der Waals surface area (Å²) in [6.07, 6.45) is 2.83. The highest BCUT2D eigenvalue weighted by molar-refractivity contribution is 5.19. The first kappa shape index (κ1) is 11.8. The molecule has 0 fully saturated rings. The van der Waals surface area contributed by atoms with E-state index in [0.717, 1.165) is 6.07 Å². The van der Waals surface area contributed by atoms with Crippen molar-refractivity contribution >= 4 is 0 Å². The summed E-state index contributed by atoms with van der Waals surface area (Å²) in [5.74, 6) is 4.16. The lowest BCUT2D eigenvalue weighted by molar-refractivity contribution is 0.523. The van der Waals surface area contributed by atoms with Crippen molar-refractivity contribution in [1.29, 1.82) is 0 Å². The molecule has 0 aliphatic heterocycles. The number of nitrogens with two attached hydrogens (primary N) is 1. The summed E-state index contributed by atoms with van der Waals surface area (Å²) in [6, 6.07) is 3.40. The van der Waals surface area contributed by atoms with Crippen LogP contribution in [0, 0.1) is 11.6 Å². The minimum Gasteiger partial charge on any atom is -0.271 e. The van der Waals surface area contributed by atoms with Gasteiger partial charge in [0.2, 0.25) is 0 Å². The van der Waals surface area contributed by atoms with Crippen LogP contribution in [0.25, 0.3) is 0 Å². The summed E-state index contributed by atoms with van der Waals surface area (Å²) in [6.45, 7) is 3.58. The van der Waals surface area contributed by atoms with Gasteiger partial charge >= 0.3 is 0 Å². The molecule has 4 heteroatoms. The van der Waals surface area contributed by atoms with Gasteiger partial charge in [-0.25, -0.2) is 8.78 Å². The Hall–Kier alpha value is -1.26. The van der Waals surface area contributed by atoms with Gasteiger partial charge in [0.15, 0.2) is 0 Å². The van der Waals surface area contributed by atoms with E-state index in [1.165, 1.54) is 12.1 Å². The molecule has 0 amide bonds. The topological polar surface area (TPSA) is 38.0 Å². The molecule has 0 heterocycles. The van der Waals surface area contributed by atoms with E-state index < -0.39 is 11.6 Å². The van der Waals surface area contributed by atoms with Crippen LogP contribution in [0.5, 0.6) is 0 Å². The van der Waals surface area contributed by atoms with Crippen molar-refractivity contribution in [3.05, 3.63) is 48.1 Å². The summed E-state index contributed by atoms with van der Waals surface area (Å²) >= 11 is 0. The van der Waals surface area contributed by atoms with E-state index in [4.69, 9.17) is 5.84 Å². The highest BCUT2D eigenvalue weighted by atomic mass is 19.1. The normalized spacial score (nSPS) is 12.5. The molecule has 0 aliphatic carbocycles. The molecule has 2 nitrogen and oxygen atoms in total. The Balaban J connectivity index is 2.73. The summed E-state index contributed by atoms with van der Waals surface area (Å²) < 4.78 is 25.7. The first-order valence-electron chi connectivity index (χ1n) is 4.67. The van der Waals surface area contributed by atoms with Crippen LogP contribution in [0.3, 0.4) is 0 Å². The number of hydrogen-bond donors (Lipinski definition) is 2. The van der Waals surface area contributed by atoms with Gasteiger partial charge in [0.05, 0.1) is 0 Å².